The maximum absolute atomic E-state index is 12.8. The number of nitrogens with one attached hydrogen (secondary N) is 1. The highest BCUT2D eigenvalue weighted by atomic mass is 19.4. The molecule has 2 nitrogen and oxygen atoms in total. The summed E-state index contributed by atoms with van der Waals surface area (Å²) in [6.45, 7) is 6.06. The lowest BCUT2D eigenvalue weighted by Crippen LogP contribution is -2.25. The fourth-order valence-electron chi connectivity index (χ4n) is 2.49. The Morgan fingerprint density at radius 1 is 1.35 bits per heavy atom. The molecule has 5 heteroatoms. The zero-order valence-corrected chi connectivity index (χ0v) is 12.0. The van der Waals surface area contributed by atoms with Gasteiger partial charge in [0.2, 0.25) is 0 Å². The SMILES string of the molecule is Cc1ccc(NCC2CCC(C)(C)O2)cc1C(F)(F)F. The third-order valence-electron chi connectivity index (χ3n) is 3.63. The molecule has 1 aromatic carbocycles. The number of alkyl halides is 3. The van der Waals surface area contributed by atoms with Gasteiger partial charge in [-0.2, -0.15) is 13.2 Å². The summed E-state index contributed by atoms with van der Waals surface area (Å²) in [6.07, 6.45) is -2.35. The third kappa shape index (κ3) is 3.66. The molecule has 1 atom stereocenters. The normalized spacial score (nSPS) is 22.0. The Labute approximate surface area is 117 Å². The third-order valence-corrected chi connectivity index (χ3v) is 3.63. The molecule has 0 bridgehead atoms. The summed E-state index contributed by atoms with van der Waals surface area (Å²) in [4.78, 5) is 0. The highest BCUT2D eigenvalue weighted by Crippen LogP contribution is 2.34. The summed E-state index contributed by atoms with van der Waals surface area (Å²) in [5.41, 5.74) is 0.00391. The number of rotatable bonds is 3. The molecule has 1 aromatic rings. The Morgan fingerprint density at radius 2 is 2.05 bits per heavy atom. The minimum Gasteiger partial charge on any atom is -0.382 e. The number of benzene rings is 1. The van der Waals surface area contributed by atoms with Gasteiger partial charge in [0.25, 0.3) is 0 Å². The van der Waals surface area contributed by atoms with Gasteiger partial charge in [-0.3, -0.25) is 0 Å². The molecule has 2 rings (SSSR count). The maximum Gasteiger partial charge on any atom is 0.416 e. The van der Waals surface area contributed by atoms with Crippen molar-refractivity contribution in [2.75, 3.05) is 11.9 Å². The molecule has 1 N–H and O–H groups in total. The monoisotopic (exact) mass is 287 g/mol. The number of halogens is 3. The van der Waals surface area contributed by atoms with E-state index in [1.54, 1.807) is 6.07 Å². The summed E-state index contributed by atoms with van der Waals surface area (Å²) < 4.78 is 44.3. The fourth-order valence-corrected chi connectivity index (χ4v) is 2.49. The summed E-state index contributed by atoms with van der Waals surface area (Å²) in [5, 5.41) is 3.04. The van der Waals surface area contributed by atoms with Gasteiger partial charge in [0.05, 0.1) is 17.3 Å². The van der Waals surface area contributed by atoms with Crippen LogP contribution in [-0.2, 0) is 10.9 Å². The average molecular weight is 287 g/mol. The highest BCUT2D eigenvalue weighted by Gasteiger charge is 2.33. The molecule has 0 saturated carbocycles. The van der Waals surface area contributed by atoms with Crippen LogP contribution in [0.3, 0.4) is 0 Å². The van der Waals surface area contributed by atoms with Crippen molar-refractivity contribution in [1.29, 1.82) is 0 Å². The first-order chi connectivity index (χ1) is 9.17. The molecule has 1 unspecified atom stereocenters. The number of ether oxygens (including phenoxy) is 1. The Bertz CT molecular complexity index is 482. The van der Waals surface area contributed by atoms with Gasteiger partial charge < -0.3 is 10.1 Å². The molecular formula is C15H20F3NO. The van der Waals surface area contributed by atoms with Gasteiger partial charge in [0.15, 0.2) is 0 Å². The molecule has 0 aromatic heterocycles. The van der Waals surface area contributed by atoms with E-state index in [9.17, 15) is 13.2 Å². The molecule has 0 radical (unpaired) electrons. The van der Waals surface area contributed by atoms with Crippen LogP contribution in [0.25, 0.3) is 0 Å². The molecule has 1 aliphatic heterocycles. The van der Waals surface area contributed by atoms with Crippen LogP contribution < -0.4 is 5.32 Å². The topological polar surface area (TPSA) is 21.3 Å². The number of anilines is 1. The van der Waals surface area contributed by atoms with Crippen LogP contribution in [0, 0.1) is 6.92 Å². The van der Waals surface area contributed by atoms with Gasteiger partial charge in [-0.1, -0.05) is 6.07 Å². The molecule has 1 aliphatic rings. The van der Waals surface area contributed by atoms with Crippen molar-refractivity contribution in [2.45, 2.75) is 51.5 Å². The van der Waals surface area contributed by atoms with E-state index in [-0.39, 0.29) is 17.3 Å². The van der Waals surface area contributed by atoms with Gasteiger partial charge in [0.1, 0.15) is 0 Å². The van der Waals surface area contributed by atoms with E-state index in [2.05, 4.69) is 5.32 Å². The molecule has 1 heterocycles. The first-order valence-corrected chi connectivity index (χ1v) is 6.77. The highest BCUT2D eigenvalue weighted by molar-refractivity contribution is 5.49. The second-order valence-electron chi connectivity index (χ2n) is 5.95. The van der Waals surface area contributed by atoms with Gasteiger partial charge in [-0.05, 0) is 51.3 Å². The molecule has 1 saturated heterocycles. The van der Waals surface area contributed by atoms with Crippen molar-refractivity contribution in [3.63, 3.8) is 0 Å². The summed E-state index contributed by atoms with van der Waals surface area (Å²) in [5.74, 6) is 0. The Balaban J connectivity index is 2.01. The van der Waals surface area contributed by atoms with E-state index < -0.39 is 11.7 Å². The minimum absolute atomic E-state index is 0.0561. The minimum atomic E-state index is -4.31. The zero-order chi connectivity index (χ0) is 15.0. The zero-order valence-electron chi connectivity index (χ0n) is 12.0. The number of hydrogen-bond acceptors (Lipinski definition) is 2. The first kappa shape index (κ1) is 15.2. The van der Waals surface area contributed by atoms with Crippen molar-refractivity contribution in [3.05, 3.63) is 29.3 Å². The predicted molar refractivity (Wildman–Crippen MR) is 72.9 cm³/mol. The van der Waals surface area contributed by atoms with E-state index in [1.165, 1.54) is 13.0 Å². The summed E-state index contributed by atoms with van der Waals surface area (Å²) in [7, 11) is 0. The van der Waals surface area contributed by atoms with Crippen molar-refractivity contribution >= 4 is 5.69 Å². The van der Waals surface area contributed by atoms with E-state index in [0.29, 0.717) is 12.2 Å². The van der Waals surface area contributed by atoms with Gasteiger partial charge in [-0.25, -0.2) is 0 Å². The van der Waals surface area contributed by atoms with Crippen molar-refractivity contribution in [3.8, 4) is 0 Å². The first-order valence-electron chi connectivity index (χ1n) is 6.77. The summed E-state index contributed by atoms with van der Waals surface area (Å²) in [6, 6.07) is 4.32. The number of aryl methyl sites for hydroxylation is 1. The van der Waals surface area contributed by atoms with Gasteiger partial charge in [-0.15, -0.1) is 0 Å². The largest absolute Gasteiger partial charge is 0.416 e. The van der Waals surface area contributed by atoms with Crippen molar-refractivity contribution in [1.82, 2.24) is 0 Å². The van der Waals surface area contributed by atoms with E-state index in [4.69, 9.17) is 4.74 Å². The molecular weight excluding hydrogens is 267 g/mol. The van der Waals surface area contributed by atoms with Crippen LogP contribution >= 0.6 is 0 Å². The van der Waals surface area contributed by atoms with Crippen LogP contribution in [-0.4, -0.2) is 18.2 Å². The van der Waals surface area contributed by atoms with E-state index >= 15 is 0 Å². The Morgan fingerprint density at radius 3 is 2.60 bits per heavy atom. The van der Waals surface area contributed by atoms with Crippen LogP contribution in [0.4, 0.5) is 18.9 Å². The lowest BCUT2D eigenvalue weighted by atomic mass is 10.1. The molecule has 20 heavy (non-hydrogen) atoms. The van der Waals surface area contributed by atoms with Crippen molar-refractivity contribution in [2.24, 2.45) is 0 Å². The standard InChI is InChI=1S/C15H20F3NO/c1-10-4-5-11(8-13(10)15(16,17)18)19-9-12-6-7-14(2,3)20-12/h4-5,8,12,19H,6-7,9H2,1-3H3. The Hall–Kier alpha value is -1.23. The average Bonchev–Trinajstić information content (AvgIpc) is 2.66. The van der Waals surface area contributed by atoms with E-state index in [0.717, 1.165) is 18.9 Å². The Kier molecular flexibility index (Phi) is 4.00. The number of hydrogen-bond donors (Lipinski definition) is 1. The second-order valence-corrected chi connectivity index (χ2v) is 5.95. The van der Waals surface area contributed by atoms with Crippen molar-refractivity contribution < 1.29 is 17.9 Å². The van der Waals surface area contributed by atoms with Crippen LogP contribution in [0.1, 0.15) is 37.8 Å². The van der Waals surface area contributed by atoms with Gasteiger partial charge in [0, 0.05) is 12.2 Å². The van der Waals surface area contributed by atoms with Crippen LogP contribution in [0.5, 0.6) is 0 Å². The molecule has 0 amide bonds. The lowest BCUT2D eigenvalue weighted by Gasteiger charge is -2.20. The molecule has 0 spiro atoms. The predicted octanol–water partition coefficient (Wildman–Crippen LogP) is 4.38. The fraction of sp³-hybridized carbons (Fsp3) is 0.600. The second kappa shape index (κ2) is 5.28. The summed E-state index contributed by atoms with van der Waals surface area (Å²) >= 11 is 0. The molecule has 112 valence electrons. The quantitative estimate of drug-likeness (QED) is 0.890. The molecule has 1 fully saturated rings. The van der Waals surface area contributed by atoms with Crippen LogP contribution in [0.2, 0.25) is 0 Å². The molecule has 0 aliphatic carbocycles. The maximum atomic E-state index is 12.8. The van der Waals surface area contributed by atoms with Crippen LogP contribution in [0.15, 0.2) is 18.2 Å². The lowest BCUT2D eigenvalue weighted by molar-refractivity contribution is -0.138. The van der Waals surface area contributed by atoms with Gasteiger partial charge >= 0.3 is 6.18 Å². The van der Waals surface area contributed by atoms with E-state index in [1.807, 2.05) is 13.8 Å². The smallest absolute Gasteiger partial charge is 0.382 e.